The highest BCUT2D eigenvalue weighted by Crippen LogP contribution is 2.12. The quantitative estimate of drug-likeness (QED) is 0.791. The monoisotopic (exact) mass is 284 g/mol. The van der Waals surface area contributed by atoms with Crippen LogP contribution in [0.4, 0.5) is 0 Å². The average Bonchev–Trinajstić information content (AvgIpc) is 2.31. The Kier molecular flexibility index (Phi) is 5.79. The maximum Gasteiger partial charge on any atom is 0.307 e. The van der Waals surface area contributed by atoms with Crippen LogP contribution in [0.15, 0.2) is 24.3 Å². The third-order valence-electron chi connectivity index (χ3n) is 2.65. The molecule has 1 amide bonds. The van der Waals surface area contributed by atoms with Crippen molar-refractivity contribution in [3.05, 3.63) is 34.9 Å². The summed E-state index contributed by atoms with van der Waals surface area (Å²) in [6.07, 6.45) is 0. The first-order chi connectivity index (χ1) is 8.88. The van der Waals surface area contributed by atoms with Crippen LogP contribution < -0.4 is 5.73 Å². The molecule has 104 valence electrons. The number of hydrogen-bond acceptors (Lipinski definition) is 3. The minimum Gasteiger partial charge on any atom is -0.481 e. The fourth-order valence-electron chi connectivity index (χ4n) is 1.72. The van der Waals surface area contributed by atoms with Crippen LogP contribution in [0.25, 0.3) is 0 Å². The number of aliphatic carboxylic acids is 1. The molecule has 0 aliphatic heterocycles. The summed E-state index contributed by atoms with van der Waals surface area (Å²) in [5.41, 5.74) is 6.12. The summed E-state index contributed by atoms with van der Waals surface area (Å²) in [6.45, 7) is 2.34. The molecule has 0 aromatic heterocycles. The zero-order chi connectivity index (χ0) is 14.4. The van der Waals surface area contributed by atoms with E-state index >= 15 is 0 Å². The van der Waals surface area contributed by atoms with Crippen molar-refractivity contribution < 1.29 is 14.7 Å². The van der Waals surface area contributed by atoms with Crippen molar-refractivity contribution in [1.82, 2.24) is 4.90 Å². The molecule has 5 nitrogen and oxygen atoms in total. The number of carboxylic acid groups (broad SMARTS) is 1. The van der Waals surface area contributed by atoms with E-state index in [2.05, 4.69) is 0 Å². The second kappa shape index (κ2) is 7.11. The molecule has 0 bridgehead atoms. The van der Waals surface area contributed by atoms with Gasteiger partial charge in [0.05, 0.1) is 12.5 Å². The first-order valence-electron chi connectivity index (χ1n) is 5.86. The summed E-state index contributed by atoms with van der Waals surface area (Å²) in [5, 5.41) is 9.54. The van der Waals surface area contributed by atoms with Gasteiger partial charge in [0.2, 0.25) is 5.91 Å². The Morgan fingerprint density at radius 2 is 1.95 bits per heavy atom. The number of halogens is 1. The SMILES string of the molecule is CC(CN(CC(N)=O)Cc1ccc(Cl)cc1)C(=O)O. The predicted molar refractivity (Wildman–Crippen MR) is 72.7 cm³/mol. The average molecular weight is 285 g/mol. The Morgan fingerprint density at radius 3 is 2.42 bits per heavy atom. The summed E-state index contributed by atoms with van der Waals surface area (Å²) >= 11 is 5.79. The lowest BCUT2D eigenvalue weighted by atomic mass is 10.1. The number of carboxylic acids is 1. The molecule has 0 aliphatic carbocycles. The van der Waals surface area contributed by atoms with Crippen LogP contribution in [-0.4, -0.2) is 35.0 Å². The Morgan fingerprint density at radius 1 is 1.37 bits per heavy atom. The standard InChI is InChI=1S/C13H17ClN2O3/c1-9(13(18)19)6-16(8-12(15)17)7-10-2-4-11(14)5-3-10/h2-5,9H,6-8H2,1H3,(H2,15,17)(H,18,19). The van der Waals surface area contributed by atoms with Crippen molar-refractivity contribution in [3.8, 4) is 0 Å². The second-order valence-corrected chi connectivity index (χ2v) is 4.94. The zero-order valence-electron chi connectivity index (χ0n) is 10.7. The lowest BCUT2D eigenvalue weighted by Crippen LogP contribution is -2.37. The van der Waals surface area contributed by atoms with Crippen molar-refractivity contribution in [2.24, 2.45) is 11.7 Å². The van der Waals surface area contributed by atoms with Crippen molar-refractivity contribution in [3.63, 3.8) is 0 Å². The molecule has 1 atom stereocenters. The Balaban J connectivity index is 2.71. The number of carbonyl (C=O) groups is 2. The minimum atomic E-state index is -0.898. The van der Waals surface area contributed by atoms with Gasteiger partial charge in [-0.25, -0.2) is 0 Å². The summed E-state index contributed by atoms with van der Waals surface area (Å²) in [4.78, 5) is 23.6. The van der Waals surface area contributed by atoms with Gasteiger partial charge in [-0.2, -0.15) is 0 Å². The van der Waals surface area contributed by atoms with Crippen LogP contribution in [0.3, 0.4) is 0 Å². The van der Waals surface area contributed by atoms with Crippen LogP contribution >= 0.6 is 11.6 Å². The van der Waals surface area contributed by atoms with Crippen molar-refractivity contribution >= 4 is 23.5 Å². The Hall–Kier alpha value is -1.59. The van der Waals surface area contributed by atoms with Gasteiger partial charge in [0.15, 0.2) is 0 Å². The number of amides is 1. The van der Waals surface area contributed by atoms with E-state index in [0.29, 0.717) is 11.6 Å². The summed E-state index contributed by atoms with van der Waals surface area (Å²) in [6, 6.07) is 7.17. The van der Waals surface area contributed by atoms with Gasteiger partial charge < -0.3 is 10.8 Å². The number of rotatable bonds is 7. The van der Waals surface area contributed by atoms with Crippen molar-refractivity contribution in [2.45, 2.75) is 13.5 Å². The lowest BCUT2D eigenvalue weighted by molar-refractivity contribution is -0.142. The molecular formula is C13H17ClN2O3. The maximum atomic E-state index is 11.0. The lowest BCUT2D eigenvalue weighted by Gasteiger charge is -2.22. The van der Waals surface area contributed by atoms with Gasteiger partial charge in [-0.15, -0.1) is 0 Å². The molecule has 0 spiro atoms. The topological polar surface area (TPSA) is 83.6 Å². The van der Waals surface area contributed by atoms with Gasteiger partial charge in [0.1, 0.15) is 0 Å². The molecule has 0 saturated heterocycles. The Labute approximate surface area is 117 Å². The zero-order valence-corrected chi connectivity index (χ0v) is 11.4. The number of hydrogen-bond donors (Lipinski definition) is 2. The Bertz CT molecular complexity index is 448. The van der Waals surface area contributed by atoms with Gasteiger partial charge in [0.25, 0.3) is 0 Å². The number of nitrogens with zero attached hydrogens (tertiary/aromatic N) is 1. The van der Waals surface area contributed by atoms with Crippen molar-refractivity contribution in [2.75, 3.05) is 13.1 Å². The van der Waals surface area contributed by atoms with E-state index in [4.69, 9.17) is 22.4 Å². The molecule has 0 radical (unpaired) electrons. The third kappa shape index (κ3) is 5.72. The number of nitrogens with two attached hydrogens (primary N) is 1. The first kappa shape index (κ1) is 15.5. The van der Waals surface area contributed by atoms with E-state index in [0.717, 1.165) is 5.56 Å². The predicted octanol–water partition coefficient (Wildman–Crippen LogP) is 1.35. The number of primary amides is 1. The molecule has 0 aliphatic rings. The first-order valence-corrected chi connectivity index (χ1v) is 6.24. The van der Waals surface area contributed by atoms with Gasteiger partial charge in [-0.3, -0.25) is 14.5 Å². The highest BCUT2D eigenvalue weighted by molar-refractivity contribution is 6.30. The molecule has 1 aromatic rings. The van der Waals surface area contributed by atoms with E-state index in [-0.39, 0.29) is 13.1 Å². The maximum absolute atomic E-state index is 11.0. The van der Waals surface area contributed by atoms with E-state index in [1.807, 2.05) is 12.1 Å². The fraction of sp³-hybridized carbons (Fsp3) is 0.385. The number of carbonyl (C=O) groups excluding carboxylic acids is 1. The molecule has 0 saturated carbocycles. The van der Waals surface area contributed by atoms with Gasteiger partial charge >= 0.3 is 5.97 Å². The second-order valence-electron chi connectivity index (χ2n) is 4.50. The van der Waals surface area contributed by atoms with E-state index in [1.165, 1.54) is 0 Å². The summed E-state index contributed by atoms with van der Waals surface area (Å²) in [5.74, 6) is -1.94. The molecule has 0 heterocycles. The highest BCUT2D eigenvalue weighted by Gasteiger charge is 2.17. The molecule has 6 heteroatoms. The summed E-state index contributed by atoms with van der Waals surface area (Å²) < 4.78 is 0. The molecule has 1 aromatic carbocycles. The van der Waals surface area contributed by atoms with E-state index in [9.17, 15) is 9.59 Å². The van der Waals surface area contributed by atoms with Crippen LogP contribution in [0.1, 0.15) is 12.5 Å². The van der Waals surface area contributed by atoms with Gasteiger partial charge in [-0.05, 0) is 17.7 Å². The largest absolute Gasteiger partial charge is 0.481 e. The molecule has 19 heavy (non-hydrogen) atoms. The van der Waals surface area contributed by atoms with Crippen molar-refractivity contribution in [1.29, 1.82) is 0 Å². The fourth-order valence-corrected chi connectivity index (χ4v) is 1.84. The molecular weight excluding hydrogens is 268 g/mol. The molecule has 1 unspecified atom stereocenters. The molecule has 3 N–H and O–H groups in total. The van der Waals surface area contributed by atoms with Crippen LogP contribution in [0, 0.1) is 5.92 Å². The van der Waals surface area contributed by atoms with Crippen LogP contribution in [0.2, 0.25) is 5.02 Å². The molecule has 0 fully saturated rings. The van der Waals surface area contributed by atoms with E-state index < -0.39 is 17.8 Å². The van der Waals surface area contributed by atoms with E-state index in [1.54, 1.807) is 24.0 Å². The van der Waals surface area contributed by atoms with Crippen LogP contribution in [0.5, 0.6) is 0 Å². The van der Waals surface area contributed by atoms with Crippen LogP contribution in [-0.2, 0) is 16.1 Å². The summed E-state index contributed by atoms with van der Waals surface area (Å²) in [7, 11) is 0. The smallest absolute Gasteiger partial charge is 0.307 e. The van der Waals surface area contributed by atoms with Gasteiger partial charge in [0, 0.05) is 18.1 Å². The molecule has 1 rings (SSSR count). The number of benzene rings is 1. The minimum absolute atomic E-state index is 0.0280. The third-order valence-corrected chi connectivity index (χ3v) is 2.90. The van der Waals surface area contributed by atoms with Gasteiger partial charge in [-0.1, -0.05) is 30.7 Å². The normalized spacial score (nSPS) is 12.4. The highest BCUT2D eigenvalue weighted by atomic mass is 35.5.